The second kappa shape index (κ2) is 14.3. The summed E-state index contributed by atoms with van der Waals surface area (Å²) >= 11 is 0. The number of azide groups is 1. The van der Waals surface area contributed by atoms with E-state index in [1.165, 1.54) is 18.2 Å². The zero-order valence-corrected chi connectivity index (χ0v) is 22.7. The molecule has 220 valence electrons. The van der Waals surface area contributed by atoms with Crippen molar-refractivity contribution in [3.63, 3.8) is 0 Å². The number of methoxy groups -OCH3 is 1. The molecular weight excluding hydrogens is 560 g/mol. The molecule has 1 heterocycles. The van der Waals surface area contributed by atoms with Crippen molar-refractivity contribution in [2.24, 2.45) is 5.11 Å². The van der Waals surface area contributed by atoms with Crippen molar-refractivity contribution in [2.75, 3.05) is 25.7 Å². The maximum atomic E-state index is 12.4. The number of hydrogen-bond donors (Lipinski definition) is 2. The number of benzene rings is 1. The van der Waals surface area contributed by atoms with E-state index in [1.807, 2.05) is 0 Å². The fourth-order valence-electron chi connectivity index (χ4n) is 3.42. The number of esters is 3. The minimum atomic E-state index is -3.28. The molecule has 0 unspecified atom stereocenters. The molecule has 2 rings (SSSR count). The lowest BCUT2D eigenvalue weighted by Crippen LogP contribution is -2.63. The lowest BCUT2D eigenvalue weighted by atomic mass is 9.98. The van der Waals surface area contributed by atoms with Crippen LogP contribution in [-0.2, 0) is 54.5 Å². The number of ether oxygens (including phenoxy) is 6. The van der Waals surface area contributed by atoms with E-state index in [0.29, 0.717) is 5.56 Å². The predicted octanol–water partition coefficient (Wildman–Crippen LogP) is 0.400. The quantitative estimate of drug-likeness (QED) is 0.117. The van der Waals surface area contributed by atoms with Crippen molar-refractivity contribution in [1.82, 2.24) is 5.32 Å². The van der Waals surface area contributed by atoms with Crippen LogP contribution in [0.3, 0.4) is 0 Å². The third-order valence-corrected chi connectivity index (χ3v) is 6.03. The van der Waals surface area contributed by atoms with E-state index in [-0.39, 0.29) is 30.3 Å². The fourth-order valence-corrected chi connectivity index (χ4v) is 3.89. The topological polar surface area (TPSA) is 239 Å². The predicted molar refractivity (Wildman–Crippen MR) is 132 cm³/mol. The molecule has 0 radical (unpaired) electrons. The van der Waals surface area contributed by atoms with Gasteiger partial charge in [0.25, 0.3) is 0 Å². The molecule has 1 amide bonds. The zero-order valence-electron chi connectivity index (χ0n) is 21.8. The molecule has 1 aromatic carbocycles. The van der Waals surface area contributed by atoms with Crippen molar-refractivity contribution < 1.29 is 61.1 Å². The van der Waals surface area contributed by atoms with Crippen LogP contribution in [0.5, 0.6) is 5.75 Å². The molecule has 0 aliphatic carbocycles. The van der Waals surface area contributed by atoms with Gasteiger partial charge in [-0.25, -0.2) is 18.0 Å². The number of aliphatic hydroxyl groups is 1. The van der Waals surface area contributed by atoms with Gasteiger partial charge in [-0.2, -0.15) is 0 Å². The molecule has 18 heteroatoms. The third kappa shape index (κ3) is 9.57. The van der Waals surface area contributed by atoms with Gasteiger partial charge in [-0.05, 0) is 23.2 Å². The summed E-state index contributed by atoms with van der Waals surface area (Å²) in [6.07, 6.45) is -8.25. The van der Waals surface area contributed by atoms with E-state index >= 15 is 0 Å². The Balaban J connectivity index is 2.25. The van der Waals surface area contributed by atoms with Gasteiger partial charge >= 0.3 is 24.0 Å². The smallest absolute Gasteiger partial charge is 0.407 e. The highest BCUT2D eigenvalue weighted by Gasteiger charge is 2.53. The molecule has 5 atom stereocenters. The molecule has 0 bridgehead atoms. The first kappa shape index (κ1) is 32.1. The van der Waals surface area contributed by atoms with Gasteiger partial charge in [0.2, 0.25) is 6.29 Å². The van der Waals surface area contributed by atoms with E-state index in [2.05, 4.69) is 20.1 Å². The number of amides is 1. The number of alkyl carbamates (subject to hydrolysis) is 1. The van der Waals surface area contributed by atoms with Gasteiger partial charge < -0.3 is 38.8 Å². The highest BCUT2D eigenvalue weighted by Crippen LogP contribution is 2.34. The Morgan fingerprint density at radius 1 is 1.15 bits per heavy atom. The van der Waals surface area contributed by atoms with E-state index < -0.39 is 64.5 Å². The van der Waals surface area contributed by atoms with Crippen LogP contribution >= 0.6 is 0 Å². The Hall–Kier alpha value is -4.12. The number of nitrogens with zero attached hydrogens (tertiary/aromatic N) is 3. The summed E-state index contributed by atoms with van der Waals surface area (Å²) in [5.74, 6) is -3.19. The molecule has 1 fully saturated rings. The average Bonchev–Trinajstić information content (AvgIpc) is 2.86. The average molecular weight is 589 g/mol. The number of aliphatic hydroxyl groups excluding tert-OH is 1. The summed E-state index contributed by atoms with van der Waals surface area (Å²) in [5.41, 5.74) is 9.18. The second-order valence-electron chi connectivity index (χ2n) is 8.33. The van der Waals surface area contributed by atoms with Gasteiger partial charge in [0.1, 0.15) is 22.2 Å². The first-order valence-corrected chi connectivity index (χ1v) is 13.5. The fraction of sp³-hybridized carbons (Fsp3) is 0.545. The summed E-state index contributed by atoms with van der Waals surface area (Å²) in [6, 6.07) is 3.98. The zero-order chi connectivity index (χ0) is 30.0. The second-order valence-corrected chi connectivity index (χ2v) is 10.6. The molecular formula is C22H28N4O13S. The molecule has 17 nitrogen and oxygen atoms in total. The van der Waals surface area contributed by atoms with Crippen LogP contribution in [-0.4, -0.2) is 93.9 Å². The molecule has 0 aromatic heterocycles. The van der Waals surface area contributed by atoms with Crippen LogP contribution in [0, 0.1) is 0 Å². The molecule has 40 heavy (non-hydrogen) atoms. The molecule has 0 saturated carbocycles. The number of nitrogens with one attached hydrogen (secondary N) is 1. The summed E-state index contributed by atoms with van der Waals surface area (Å²) in [4.78, 5) is 50.2. The Bertz CT molecular complexity index is 1270. The Morgan fingerprint density at radius 3 is 2.38 bits per heavy atom. The number of rotatable bonds is 11. The lowest BCUT2D eigenvalue weighted by Gasteiger charge is -2.41. The Kier molecular flexibility index (Phi) is 11.5. The van der Waals surface area contributed by atoms with Gasteiger partial charge in [-0.1, -0.05) is 11.2 Å². The largest absolute Gasteiger partial charge is 0.467 e. The maximum absolute atomic E-state index is 12.4. The summed E-state index contributed by atoms with van der Waals surface area (Å²) < 4.78 is 53.3. The van der Waals surface area contributed by atoms with E-state index in [4.69, 9.17) is 29.2 Å². The highest BCUT2D eigenvalue weighted by molar-refractivity contribution is 7.90. The van der Waals surface area contributed by atoms with Gasteiger partial charge in [0.05, 0.1) is 18.6 Å². The van der Waals surface area contributed by atoms with E-state index in [0.717, 1.165) is 27.2 Å². The third-order valence-electron chi connectivity index (χ3n) is 5.09. The van der Waals surface area contributed by atoms with Crippen LogP contribution in [0.15, 0.2) is 23.3 Å². The molecule has 2 N–H and O–H groups in total. The molecule has 1 saturated heterocycles. The summed E-state index contributed by atoms with van der Waals surface area (Å²) in [6.45, 7) is 1.61. The highest BCUT2D eigenvalue weighted by atomic mass is 32.2. The van der Waals surface area contributed by atoms with Gasteiger partial charge in [-0.3, -0.25) is 9.59 Å². The standard InChI is InChI=1S/C22H28N4O13S/c1-11(27)36-17-16(29)21(39-19(20(30)34-3)18(17)37-12(2)28)38-15-6-5-13(9-14(15)25-26-23)10-35-22(31)24-7-8-40(4,32)33/h5-6,9,16-19,21,29H,7-8,10H2,1-4H3,(H,24,31)/t16-,17-,18+,19+,21-/m1/s1. The minimum absolute atomic E-state index is 0.141. The van der Waals surface area contributed by atoms with Gasteiger partial charge in [0, 0.05) is 31.6 Å². The normalized spacial score (nSPS) is 22.2. The van der Waals surface area contributed by atoms with E-state index in [1.54, 1.807) is 0 Å². The van der Waals surface area contributed by atoms with Crippen LogP contribution < -0.4 is 10.1 Å². The number of carbonyl (C=O) groups excluding carboxylic acids is 4. The van der Waals surface area contributed by atoms with Crippen LogP contribution in [0.25, 0.3) is 10.4 Å². The van der Waals surface area contributed by atoms with Crippen molar-refractivity contribution in [3.8, 4) is 5.75 Å². The lowest BCUT2D eigenvalue weighted by molar-refractivity contribution is -0.278. The molecule has 1 aromatic rings. The van der Waals surface area contributed by atoms with Crippen molar-refractivity contribution in [2.45, 2.75) is 51.2 Å². The van der Waals surface area contributed by atoms with Crippen LogP contribution in [0.2, 0.25) is 0 Å². The Morgan fingerprint density at radius 2 is 1.80 bits per heavy atom. The maximum Gasteiger partial charge on any atom is 0.407 e. The number of hydrogen-bond acceptors (Lipinski definition) is 14. The monoisotopic (exact) mass is 588 g/mol. The molecule has 1 aliphatic heterocycles. The first-order valence-electron chi connectivity index (χ1n) is 11.4. The summed E-state index contributed by atoms with van der Waals surface area (Å²) in [5, 5.41) is 16.6. The van der Waals surface area contributed by atoms with Crippen LogP contribution in [0.1, 0.15) is 19.4 Å². The summed E-state index contributed by atoms with van der Waals surface area (Å²) in [7, 11) is -2.25. The van der Waals surface area contributed by atoms with Crippen molar-refractivity contribution in [1.29, 1.82) is 0 Å². The first-order chi connectivity index (χ1) is 18.7. The molecule has 0 spiro atoms. The number of sulfone groups is 1. The van der Waals surface area contributed by atoms with Crippen molar-refractivity contribution in [3.05, 3.63) is 34.2 Å². The van der Waals surface area contributed by atoms with E-state index in [9.17, 15) is 32.7 Å². The van der Waals surface area contributed by atoms with Crippen molar-refractivity contribution >= 4 is 39.5 Å². The Labute approximate surface area is 228 Å². The number of carbonyl (C=O) groups is 4. The van der Waals surface area contributed by atoms with Crippen LogP contribution in [0.4, 0.5) is 10.5 Å². The van der Waals surface area contributed by atoms with Gasteiger partial charge in [-0.15, -0.1) is 0 Å². The van der Waals surface area contributed by atoms with Gasteiger partial charge in [0.15, 0.2) is 24.4 Å². The molecule has 1 aliphatic rings. The SMILES string of the molecule is COC(=O)[C@H]1O[C@@H](Oc2ccc(COC(=O)NCCS(C)(=O)=O)cc2N=[N+]=[N-])[C@H](O)[C@@H](OC(C)=O)[C@@H]1OC(C)=O. The minimum Gasteiger partial charge on any atom is -0.467 e.